The summed E-state index contributed by atoms with van der Waals surface area (Å²) < 4.78 is 17.8. The highest BCUT2D eigenvalue weighted by Gasteiger charge is 2.23. The molecule has 0 saturated heterocycles. The van der Waals surface area contributed by atoms with Gasteiger partial charge in [-0.3, -0.25) is 0 Å². The van der Waals surface area contributed by atoms with Crippen molar-refractivity contribution in [2.75, 3.05) is 21.3 Å². The third-order valence-corrected chi connectivity index (χ3v) is 11.6. The Kier molecular flexibility index (Phi) is 13.4. The lowest BCUT2D eigenvalue weighted by molar-refractivity contribution is 0.321. The van der Waals surface area contributed by atoms with Crippen molar-refractivity contribution >= 4 is 39.8 Å². The number of benzene rings is 4. The maximum Gasteiger partial charge on any atom is 0.204 e. The molecule has 3 nitrogen and oxygen atoms in total. The Morgan fingerprint density at radius 3 is 1.53 bits per heavy atom. The van der Waals surface area contributed by atoms with E-state index in [1.54, 1.807) is 21.3 Å². The second-order valence-electron chi connectivity index (χ2n) is 11.0. The van der Waals surface area contributed by atoms with Crippen LogP contribution in [0.4, 0.5) is 0 Å². The first-order chi connectivity index (χ1) is 21.1. The molecule has 4 aromatic carbocycles. The lowest BCUT2D eigenvalue weighted by Gasteiger charge is -2.22. The van der Waals surface area contributed by atoms with Gasteiger partial charge in [0, 0.05) is 0 Å². The van der Waals surface area contributed by atoms with Crippen molar-refractivity contribution in [2.24, 2.45) is 0 Å². The number of hydrogen-bond acceptors (Lipinski definition) is 3. The second-order valence-corrected chi connectivity index (χ2v) is 14.0. The predicted octanol–water partition coefficient (Wildman–Crippen LogP) is 9.45. The Bertz CT molecular complexity index is 1340. The van der Waals surface area contributed by atoms with Crippen LogP contribution in [0.1, 0.15) is 68.1 Å². The van der Waals surface area contributed by atoms with Gasteiger partial charge in [-0.2, -0.15) is 0 Å². The average molecular weight is 662 g/mol. The van der Waals surface area contributed by atoms with Crippen molar-refractivity contribution in [3.8, 4) is 17.2 Å². The van der Waals surface area contributed by atoms with Gasteiger partial charge in [-0.15, -0.1) is 0 Å². The molecule has 0 saturated carbocycles. The third kappa shape index (κ3) is 8.64. The maximum atomic E-state index is 5.66. The Labute approximate surface area is 268 Å². The molecule has 0 aliphatic carbocycles. The van der Waals surface area contributed by atoms with Crippen LogP contribution in [0.25, 0.3) is 0 Å². The minimum absolute atomic E-state index is 0.556. The fourth-order valence-corrected chi connectivity index (χ4v) is 9.26. The van der Waals surface area contributed by atoms with E-state index in [-0.39, 0.29) is 0 Å². The van der Waals surface area contributed by atoms with Crippen molar-refractivity contribution in [1.82, 2.24) is 0 Å². The molecule has 4 rings (SSSR count). The molecule has 0 fully saturated rings. The molecule has 0 aliphatic heterocycles. The van der Waals surface area contributed by atoms with Gasteiger partial charge in [0.25, 0.3) is 0 Å². The summed E-state index contributed by atoms with van der Waals surface area (Å²) in [6, 6.07) is 31.2. The van der Waals surface area contributed by atoms with Crippen LogP contribution in [-0.2, 0) is 12.8 Å². The van der Waals surface area contributed by atoms with E-state index in [9.17, 15) is 0 Å². The number of halogens is 1. The SMILES string of the molecule is COc1c(C)c(CCCCCCCCCCc2ccccc2P(c2ccccc2)c2ccccc2)c(Br)c(OC)c1OC. The zero-order chi connectivity index (χ0) is 30.4. The molecule has 4 aromatic rings. The minimum atomic E-state index is -0.556. The fourth-order valence-electron chi connectivity index (χ4n) is 5.92. The van der Waals surface area contributed by atoms with Crippen LogP contribution in [0.15, 0.2) is 89.4 Å². The topological polar surface area (TPSA) is 27.7 Å². The molecular weight excluding hydrogens is 615 g/mol. The molecule has 0 radical (unpaired) electrons. The van der Waals surface area contributed by atoms with E-state index < -0.39 is 7.92 Å². The smallest absolute Gasteiger partial charge is 0.204 e. The molecule has 228 valence electrons. The molecule has 0 N–H and O–H groups in total. The number of unbranched alkanes of at least 4 members (excludes halogenated alkanes) is 7. The van der Waals surface area contributed by atoms with Gasteiger partial charge in [-0.05, 0) is 89.1 Å². The van der Waals surface area contributed by atoms with Gasteiger partial charge in [-0.1, -0.05) is 123 Å². The first-order valence-electron chi connectivity index (χ1n) is 15.6. The molecule has 0 bridgehead atoms. The Morgan fingerprint density at radius 1 is 0.535 bits per heavy atom. The Balaban J connectivity index is 1.22. The number of ether oxygens (including phenoxy) is 3. The summed E-state index contributed by atoms with van der Waals surface area (Å²) in [5.41, 5.74) is 3.88. The van der Waals surface area contributed by atoms with Gasteiger partial charge in [0.15, 0.2) is 11.5 Å². The molecule has 0 atom stereocenters. The molecule has 0 unspecified atom stereocenters. The number of aryl methyl sites for hydroxylation is 1. The largest absolute Gasteiger partial charge is 0.492 e. The summed E-state index contributed by atoms with van der Waals surface area (Å²) in [7, 11) is 4.46. The Hall–Kier alpha value is -2.81. The summed E-state index contributed by atoms with van der Waals surface area (Å²) in [6.07, 6.45) is 12.3. The molecule has 0 aromatic heterocycles. The first-order valence-corrected chi connectivity index (χ1v) is 17.7. The van der Waals surface area contributed by atoms with E-state index in [2.05, 4.69) is 108 Å². The average Bonchev–Trinajstić information content (AvgIpc) is 3.04. The van der Waals surface area contributed by atoms with Gasteiger partial charge >= 0.3 is 0 Å². The first kappa shape index (κ1) is 33.1. The standard InChI is InChI=1S/C38H46BrO3P/c1-29-33(35(39)37(41-3)38(42-4)36(29)40-2)27-18-10-8-6-5-7-9-13-21-30-22-19-20-28-34(30)43(31-23-14-11-15-24-31)32-25-16-12-17-26-32/h11-12,14-17,19-20,22-26,28H,5-10,13,18,21,27H2,1-4H3. The lowest BCUT2D eigenvalue weighted by Crippen LogP contribution is -2.23. The van der Waals surface area contributed by atoms with E-state index in [1.807, 2.05) is 0 Å². The summed E-state index contributed by atoms with van der Waals surface area (Å²) in [5, 5.41) is 4.34. The summed E-state index contributed by atoms with van der Waals surface area (Å²) in [6.45, 7) is 2.10. The fraction of sp³-hybridized carbons (Fsp3) is 0.368. The van der Waals surface area contributed by atoms with Crippen molar-refractivity contribution < 1.29 is 14.2 Å². The molecule has 0 heterocycles. The highest BCUT2D eigenvalue weighted by atomic mass is 79.9. The lowest BCUT2D eigenvalue weighted by atomic mass is 9.99. The van der Waals surface area contributed by atoms with Crippen molar-refractivity contribution in [1.29, 1.82) is 0 Å². The monoisotopic (exact) mass is 660 g/mol. The van der Waals surface area contributed by atoms with E-state index in [1.165, 1.54) is 72.0 Å². The minimum Gasteiger partial charge on any atom is -0.492 e. The highest BCUT2D eigenvalue weighted by Crippen LogP contribution is 2.48. The van der Waals surface area contributed by atoms with Crippen molar-refractivity contribution in [2.45, 2.75) is 71.1 Å². The van der Waals surface area contributed by atoms with Gasteiger partial charge in [0.1, 0.15) is 0 Å². The Morgan fingerprint density at radius 2 is 1.00 bits per heavy atom. The van der Waals surface area contributed by atoms with Gasteiger partial charge < -0.3 is 14.2 Å². The number of hydrogen-bond donors (Lipinski definition) is 0. The van der Waals surface area contributed by atoms with E-state index >= 15 is 0 Å². The van der Waals surface area contributed by atoms with Crippen LogP contribution in [-0.4, -0.2) is 21.3 Å². The van der Waals surface area contributed by atoms with E-state index in [0.29, 0.717) is 11.5 Å². The molecule has 0 spiro atoms. The summed E-state index contributed by atoms with van der Waals surface area (Å²) in [4.78, 5) is 0. The molecule has 5 heteroatoms. The highest BCUT2D eigenvalue weighted by molar-refractivity contribution is 9.10. The second kappa shape index (κ2) is 17.5. The molecule has 0 aliphatic rings. The van der Waals surface area contributed by atoms with Crippen molar-refractivity contribution in [3.05, 3.63) is 106 Å². The van der Waals surface area contributed by atoms with Crippen LogP contribution in [0.2, 0.25) is 0 Å². The normalized spacial score (nSPS) is 11.1. The van der Waals surface area contributed by atoms with Crippen LogP contribution >= 0.6 is 23.9 Å². The van der Waals surface area contributed by atoms with Gasteiger partial charge in [0.05, 0.1) is 25.8 Å². The van der Waals surface area contributed by atoms with Crippen LogP contribution in [0.3, 0.4) is 0 Å². The van der Waals surface area contributed by atoms with Gasteiger partial charge in [-0.25, -0.2) is 0 Å². The van der Waals surface area contributed by atoms with E-state index in [0.717, 1.165) is 35.0 Å². The summed E-state index contributed by atoms with van der Waals surface area (Å²) >= 11 is 3.76. The quantitative estimate of drug-likeness (QED) is 0.0834. The zero-order valence-electron chi connectivity index (χ0n) is 26.2. The van der Waals surface area contributed by atoms with Crippen LogP contribution in [0, 0.1) is 6.92 Å². The molecular formula is C38H46BrO3P. The van der Waals surface area contributed by atoms with Crippen LogP contribution < -0.4 is 30.1 Å². The number of rotatable bonds is 17. The van der Waals surface area contributed by atoms with Crippen molar-refractivity contribution in [3.63, 3.8) is 0 Å². The van der Waals surface area contributed by atoms with E-state index in [4.69, 9.17) is 14.2 Å². The molecule has 0 amide bonds. The molecule has 43 heavy (non-hydrogen) atoms. The van der Waals surface area contributed by atoms with Gasteiger partial charge in [0.2, 0.25) is 5.75 Å². The summed E-state index contributed by atoms with van der Waals surface area (Å²) in [5.74, 6) is 2.12. The predicted molar refractivity (Wildman–Crippen MR) is 188 cm³/mol. The third-order valence-electron chi connectivity index (χ3n) is 8.17. The zero-order valence-corrected chi connectivity index (χ0v) is 28.7. The maximum absolute atomic E-state index is 5.66. The number of methoxy groups -OCH3 is 3. The van der Waals surface area contributed by atoms with Crippen LogP contribution in [0.5, 0.6) is 17.2 Å².